The monoisotopic (exact) mass is 321 g/mol. The van der Waals surface area contributed by atoms with Gasteiger partial charge in [-0.1, -0.05) is 18.2 Å². The molecule has 0 radical (unpaired) electrons. The summed E-state index contributed by atoms with van der Waals surface area (Å²) in [6.45, 7) is 1.58. The lowest BCUT2D eigenvalue weighted by atomic mass is 10.2. The first-order valence-corrected chi connectivity index (χ1v) is 7.86. The summed E-state index contributed by atoms with van der Waals surface area (Å²) in [6, 6.07) is 13.0. The molecule has 0 saturated heterocycles. The Hall–Kier alpha value is -3.02. The van der Waals surface area contributed by atoms with Crippen LogP contribution in [0.5, 0.6) is 0 Å². The summed E-state index contributed by atoms with van der Waals surface area (Å²) in [5, 5.41) is 3.97. The van der Waals surface area contributed by atoms with Gasteiger partial charge in [0.1, 0.15) is 23.5 Å². The molecule has 5 nitrogen and oxygen atoms in total. The molecule has 120 valence electrons. The lowest BCUT2D eigenvalue weighted by Crippen LogP contribution is -2.08. The molecule has 0 aliphatic carbocycles. The molecule has 0 spiro atoms. The largest absolute Gasteiger partial charge is 0.369 e. The third kappa shape index (κ3) is 2.67. The molecule has 4 aromatic rings. The van der Waals surface area contributed by atoms with Crippen molar-refractivity contribution in [2.24, 2.45) is 0 Å². The highest BCUT2D eigenvalue weighted by atomic mass is 19.1. The number of aryl methyl sites for hydroxylation is 1. The van der Waals surface area contributed by atoms with E-state index in [9.17, 15) is 4.39 Å². The number of nitrogens with one attached hydrogen (secondary N) is 1. The molecule has 0 saturated carbocycles. The molecule has 6 heteroatoms. The number of rotatable bonds is 5. The zero-order valence-electron chi connectivity index (χ0n) is 13.0. The van der Waals surface area contributed by atoms with Crippen LogP contribution in [0.15, 0.2) is 55.1 Å². The van der Waals surface area contributed by atoms with Crippen molar-refractivity contribution >= 4 is 27.8 Å². The number of imidazole rings is 1. The fourth-order valence-electron chi connectivity index (χ4n) is 2.84. The summed E-state index contributed by atoms with van der Waals surface area (Å²) in [6.07, 6.45) is 4.15. The minimum atomic E-state index is -0.331. The van der Waals surface area contributed by atoms with Crippen LogP contribution in [-0.2, 0) is 6.54 Å². The van der Waals surface area contributed by atoms with E-state index in [1.807, 2.05) is 30.6 Å². The Bertz CT molecular complexity index is 995. The standard InChI is InChI=1S/C18H16FN5/c19-14-6-3-5-13-17(14)21-11-22-18(13)20-9-4-10-24-12-23-15-7-1-2-8-16(15)24/h1-3,5-8,11-12H,4,9-10H2,(H,20,21,22). The molecule has 0 amide bonds. The van der Waals surface area contributed by atoms with Crippen LogP contribution >= 0.6 is 0 Å². The minimum Gasteiger partial charge on any atom is -0.369 e. The highest BCUT2D eigenvalue weighted by Gasteiger charge is 2.07. The van der Waals surface area contributed by atoms with Gasteiger partial charge in [-0.15, -0.1) is 0 Å². The van der Waals surface area contributed by atoms with Gasteiger partial charge in [0.15, 0.2) is 0 Å². The highest BCUT2D eigenvalue weighted by Crippen LogP contribution is 2.21. The maximum absolute atomic E-state index is 13.8. The lowest BCUT2D eigenvalue weighted by Gasteiger charge is -2.09. The van der Waals surface area contributed by atoms with E-state index < -0.39 is 0 Å². The van der Waals surface area contributed by atoms with Crippen LogP contribution in [0.4, 0.5) is 10.2 Å². The Morgan fingerprint density at radius 1 is 1.00 bits per heavy atom. The van der Waals surface area contributed by atoms with Gasteiger partial charge in [-0.2, -0.15) is 0 Å². The van der Waals surface area contributed by atoms with E-state index in [1.165, 1.54) is 12.4 Å². The molecule has 2 aromatic carbocycles. The Kier molecular flexibility index (Phi) is 3.78. The summed E-state index contributed by atoms with van der Waals surface area (Å²) in [5.74, 6) is 0.331. The van der Waals surface area contributed by atoms with E-state index in [0.717, 1.165) is 30.5 Å². The molecule has 0 fully saturated rings. The van der Waals surface area contributed by atoms with Gasteiger partial charge >= 0.3 is 0 Å². The number of halogens is 1. The predicted molar refractivity (Wildman–Crippen MR) is 92.3 cm³/mol. The van der Waals surface area contributed by atoms with Gasteiger partial charge in [-0.3, -0.25) is 0 Å². The number of hydrogen-bond acceptors (Lipinski definition) is 4. The van der Waals surface area contributed by atoms with Gasteiger partial charge in [-0.25, -0.2) is 19.3 Å². The normalized spacial score (nSPS) is 11.2. The first-order chi connectivity index (χ1) is 11.8. The van der Waals surface area contributed by atoms with Crippen LogP contribution in [0.25, 0.3) is 21.9 Å². The van der Waals surface area contributed by atoms with E-state index in [2.05, 4.69) is 30.9 Å². The van der Waals surface area contributed by atoms with E-state index in [4.69, 9.17) is 0 Å². The van der Waals surface area contributed by atoms with E-state index in [0.29, 0.717) is 16.7 Å². The van der Waals surface area contributed by atoms with Gasteiger partial charge < -0.3 is 9.88 Å². The van der Waals surface area contributed by atoms with Crippen LogP contribution in [0.3, 0.4) is 0 Å². The van der Waals surface area contributed by atoms with E-state index in [1.54, 1.807) is 6.07 Å². The Balaban J connectivity index is 1.44. The van der Waals surface area contributed by atoms with E-state index in [-0.39, 0.29) is 5.82 Å². The molecule has 2 aromatic heterocycles. The number of benzene rings is 2. The molecule has 24 heavy (non-hydrogen) atoms. The first-order valence-electron chi connectivity index (χ1n) is 7.86. The Labute approximate surface area is 138 Å². The van der Waals surface area contributed by atoms with Crippen molar-refractivity contribution in [1.29, 1.82) is 0 Å². The second-order valence-electron chi connectivity index (χ2n) is 5.57. The van der Waals surface area contributed by atoms with Crippen molar-refractivity contribution in [3.8, 4) is 0 Å². The molecule has 0 unspecified atom stereocenters. The van der Waals surface area contributed by atoms with Crippen LogP contribution in [0.2, 0.25) is 0 Å². The molecule has 1 N–H and O–H groups in total. The van der Waals surface area contributed by atoms with Gasteiger partial charge in [0.05, 0.1) is 17.4 Å². The number of fused-ring (bicyclic) bond motifs is 2. The molecule has 0 bridgehead atoms. The lowest BCUT2D eigenvalue weighted by molar-refractivity contribution is 0.636. The maximum Gasteiger partial charge on any atom is 0.149 e. The second-order valence-corrected chi connectivity index (χ2v) is 5.57. The number of aromatic nitrogens is 4. The van der Waals surface area contributed by atoms with Crippen molar-refractivity contribution in [2.75, 3.05) is 11.9 Å². The zero-order valence-corrected chi connectivity index (χ0v) is 13.0. The topological polar surface area (TPSA) is 55.6 Å². The molecule has 4 rings (SSSR count). The maximum atomic E-state index is 13.8. The molecule has 2 heterocycles. The average Bonchev–Trinajstić information content (AvgIpc) is 3.03. The summed E-state index contributed by atoms with van der Waals surface area (Å²) in [7, 11) is 0. The van der Waals surface area contributed by atoms with Gasteiger partial charge in [0.2, 0.25) is 0 Å². The SMILES string of the molecule is Fc1cccc2c(NCCCn3cnc4ccccc43)ncnc12. The molecule has 0 aliphatic heterocycles. The fraction of sp³-hybridized carbons (Fsp3) is 0.167. The summed E-state index contributed by atoms with van der Waals surface area (Å²) in [4.78, 5) is 12.6. The van der Waals surface area contributed by atoms with Crippen molar-refractivity contribution < 1.29 is 4.39 Å². The first kappa shape index (κ1) is 14.6. The molecular formula is C18H16FN5. The van der Waals surface area contributed by atoms with Crippen LogP contribution in [-0.4, -0.2) is 26.1 Å². The van der Waals surface area contributed by atoms with Crippen molar-refractivity contribution in [3.05, 3.63) is 60.9 Å². The third-order valence-corrected chi connectivity index (χ3v) is 4.01. The van der Waals surface area contributed by atoms with Crippen molar-refractivity contribution in [3.63, 3.8) is 0 Å². The smallest absolute Gasteiger partial charge is 0.149 e. The number of nitrogens with zero attached hydrogens (tertiary/aromatic N) is 4. The van der Waals surface area contributed by atoms with E-state index >= 15 is 0 Å². The van der Waals surface area contributed by atoms with Crippen LogP contribution in [0.1, 0.15) is 6.42 Å². The Morgan fingerprint density at radius 2 is 1.92 bits per heavy atom. The zero-order chi connectivity index (χ0) is 16.4. The molecule has 0 atom stereocenters. The summed E-state index contributed by atoms with van der Waals surface area (Å²) >= 11 is 0. The third-order valence-electron chi connectivity index (χ3n) is 4.01. The van der Waals surface area contributed by atoms with Crippen molar-refractivity contribution in [2.45, 2.75) is 13.0 Å². The average molecular weight is 321 g/mol. The molecule has 0 aliphatic rings. The Morgan fingerprint density at radius 3 is 2.88 bits per heavy atom. The van der Waals surface area contributed by atoms with Crippen LogP contribution in [0, 0.1) is 5.82 Å². The van der Waals surface area contributed by atoms with Crippen molar-refractivity contribution in [1.82, 2.24) is 19.5 Å². The predicted octanol–water partition coefficient (Wildman–Crippen LogP) is 3.62. The minimum absolute atomic E-state index is 0.331. The summed E-state index contributed by atoms with van der Waals surface area (Å²) in [5.41, 5.74) is 2.48. The van der Waals surface area contributed by atoms with Gasteiger partial charge in [0, 0.05) is 18.5 Å². The number of para-hydroxylation sites is 3. The molecular weight excluding hydrogens is 305 g/mol. The second kappa shape index (κ2) is 6.23. The summed E-state index contributed by atoms with van der Waals surface area (Å²) < 4.78 is 15.9. The highest BCUT2D eigenvalue weighted by molar-refractivity contribution is 5.89. The quantitative estimate of drug-likeness (QED) is 0.570. The number of anilines is 1. The number of hydrogen-bond donors (Lipinski definition) is 1. The van der Waals surface area contributed by atoms with Crippen LogP contribution < -0.4 is 5.32 Å². The van der Waals surface area contributed by atoms with Gasteiger partial charge in [-0.05, 0) is 30.7 Å². The van der Waals surface area contributed by atoms with Gasteiger partial charge in [0.25, 0.3) is 0 Å². The fourth-order valence-corrected chi connectivity index (χ4v) is 2.84.